The summed E-state index contributed by atoms with van der Waals surface area (Å²) < 4.78 is 45.2. The molecule has 0 saturated carbocycles. The molecule has 2 aliphatic heterocycles. The minimum Gasteiger partial charge on any atom is -0.311 e. The van der Waals surface area contributed by atoms with Crippen LogP contribution in [0.1, 0.15) is 11.1 Å². The Labute approximate surface area is 508 Å². The Morgan fingerprint density at radius 3 is 1.28 bits per heavy atom. The van der Waals surface area contributed by atoms with Crippen LogP contribution in [-0.4, -0.2) is 11.3 Å². The molecule has 0 saturated heterocycles. The molecule has 0 radical (unpaired) electrons. The standard InChI is InChI=1S/C80H50BF3N4/c82-80(83,84)64-29-19-28-58(43-64)68-40-52(51-85)36-38-73(68)88-72-33-16-13-30-67(72)69-48-57(37-39-74(69)88)63-49-77-79-78(50-63)87(66-46-61(55-24-9-3-10-25-55)42-62(47-66)56-26-11-4-12-27-56)76-35-18-15-32-71(76)81(79)70-31-14-17-34-75(70)86(77)65-44-59(53-20-5-1-6-21-53)41-60(45-65)54-22-7-2-8-23-54/h1-50H. The van der Waals surface area contributed by atoms with Crippen LogP contribution in [-0.2, 0) is 6.18 Å². The van der Waals surface area contributed by atoms with Gasteiger partial charge in [-0.05, 0) is 187 Å². The Balaban J connectivity index is 0.981. The number of nitrogens with zero attached hydrogens (tertiary/aromatic N) is 4. The highest BCUT2D eigenvalue weighted by atomic mass is 19.4. The minimum atomic E-state index is -4.56. The first kappa shape index (κ1) is 52.2. The average molecular weight is 1140 g/mol. The summed E-state index contributed by atoms with van der Waals surface area (Å²) in [5.41, 5.74) is 23.6. The maximum absolute atomic E-state index is 14.4. The van der Waals surface area contributed by atoms with E-state index in [1.165, 1.54) is 28.5 Å². The number of rotatable bonds is 9. The normalized spacial score (nSPS) is 12.4. The van der Waals surface area contributed by atoms with E-state index >= 15 is 0 Å². The number of anilines is 6. The van der Waals surface area contributed by atoms with Crippen LogP contribution in [0.3, 0.4) is 0 Å². The zero-order valence-electron chi connectivity index (χ0n) is 47.4. The van der Waals surface area contributed by atoms with Gasteiger partial charge in [-0.25, -0.2) is 0 Å². The Kier molecular flexibility index (Phi) is 12.4. The summed E-state index contributed by atoms with van der Waals surface area (Å²) in [6, 6.07) is 107. The van der Waals surface area contributed by atoms with Crippen molar-refractivity contribution in [2.75, 3.05) is 9.80 Å². The number of aromatic nitrogens is 1. The monoisotopic (exact) mass is 1130 g/mol. The van der Waals surface area contributed by atoms with Crippen molar-refractivity contribution in [2.45, 2.75) is 6.18 Å². The van der Waals surface area contributed by atoms with Crippen LogP contribution in [0.25, 0.3) is 94.3 Å². The molecular formula is C80H50BF3N4. The molecule has 8 heteroatoms. The van der Waals surface area contributed by atoms with Crippen LogP contribution < -0.4 is 26.2 Å². The fourth-order valence-corrected chi connectivity index (χ4v) is 13.6. The number of alkyl halides is 3. The molecule has 0 bridgehead atoms. The van der Waals surface area contributed by atoms with Crippen molar-refractivity contribution in [2.24, 2.45) is 0 Å². The summed E-state index contributed by atoms with van der Waals surface area (Å²) >= 11 is 0. The molecule has 0 unspecified atom stereocenters. The number of para-hydroxylation sites is 3. The molecule has 0 fully saturated rings. The van der Waals surface area contributed by atoms with Gasteiger partial charge in [0.15, 0.2) is 0 Å². The van der Waals surface area contributed by atoms with Gasteiger partial charge < -0.3 is 14.4 Å². The van der Waals surface area contributed by atoms with Crippen molar-refractivity contribution in [3.63, 3.8) is 0 Å². The summed E-state index contributed by atoms with van der Waals surface area (Å²) in [4.78, 5) is 4.97. The van der Waals surface area contributed by atoms with E-state index in [2.05, 4.69) is 269 Å². The second-order valence-electron chi connectivity index (χ2n) is 22.7. The first-order chi connectivity index (χ1) is 43.2. The van der Waals surface area contributed by atoms with Crippen molar-refractivity contribution in [3.05, 3.63) is 314 Å². The lowest BCUT2D eigenvalue weighted by Gasteiger charge is -2.44. The Morgan fingerprint density at radius 2 is 0.773 bits per heavy atom. The van der Waals surface area contributed by atoms with Crippen molar-refractivity contribution in [1.29, 1.82) is 5.26 Å². The van der Waals surface area contributed by atoms with Crippen molar-refractivity contribution in [1.82, 2.24) is 4.57 Å². The Bertz CT molecular complexity index is 4800. The molecule has 0 aliphatic carbocycles. The van der Waals surface area contributed by atoms with Crippen LogP contribution in [0.15, 0.2) is 303 Å². The second-order valence-corrected chi connectivity index (χ2v) is 22.7. The number of nitriles is 1. The fraction of sp³-hybridized carbons (Fsp3) is 0.0125. The SMILES string of the molecule is N#Cc1ccc(-n2c3ccccc3c3cc(-c4cc5c6c(c4)N(c4cc(-c7ccccc7)cc(-c7ccccc7)c4)c4ccccc4B6c4ccccc4N5c4cc(-c5ccccc5)cc(-c5ccccc5)c4)ccc32)c(-c2cccc(C(F)(F)F)c2)c1. The molecule has 14 aromatic rings. The summed E-state index contributed by atoms with van der Waals surface area (Å²) in [6.07, 6.45) is -4.56. The van der Waals surface area contributed by atoms with Crippen LogP contribution in [0.2, 0.25) is 0 Å². The number of benzene rings is 13. The zero-order chi connectivity index (χ0) is 59.0. The van der Waals surface area contributed by atoms with Gasteiger partial charge in [0, 0.05) is 50.5 Å². The highest BCUT2D eigenvalue weighted by Gasteiger charge is 2.44. The zero-order valence-corrected chi connectivity index (χ0v) is 47.4. The number of halogens is 3. The maximum Gasteiger partial charge on any atom is 0.416 e. The predicted molar refractivity (Wildman–Crippen MR) is 357 cm³/mol. The smallest absolute Gasteiger partial charge is 0.311 e. The first-order valence-electron chi connectivity index (χ1n) is 29.5. The quantitative estimate of drug-likeness (QED) is 0.135. The third-order valence-electron chi connectivity index (χ3n) is 17.5. The van der Waals surface area contributed by atoms with Gasteiger partial charge in [-0.15, -0.1) is 0 Å². The van der Waals surface area contributed by atoms with E-state index in [-0.39, 0.29) is 6.71 Å². The third kappa shape index (κ3) is 8.86. The van der Waals surface area contributed by atoms with E-state index in [0.717, 1.165) is 118 Å². The molecule has 0 spiro atoms. The van der Waals surface area contributed by atoms with Crippen molar-refractivity contribution >= 4 is 79.0 Å². The Hall–Kier alpha value is -11.4. The van der Waals surface area contributed by atoms with E-state index in [4.69, 9.17) is 0 Å². The largest absolute Gasteiger partial charge is 0.416 e. The van der Waals surface area contributed by atoms with Gasteiger partial charge in [-0.2, -0.15) is 18.4 Å². The van der Waals surface area contributed by atoms with E-state index in [1.807, 2.05) is 18.2 Å². The van der Waals surface area contributed by atoms with Crippen LogP contribution in [0.5, 0.6) is 0 Å². The molecule has 414 valence electrons. The topological polar surface area (TPSA) is 35.2 Å². The Morgan fingerprint density at radius 1 is 0.318 bits per heavy atom. The highest BCUT2D eigenvalue weighted by molar-refractivity contribution is 7.00. The molecule has 2 aliphatic rings. The molecule has 4 nitrogen and oxygen atoms in total. The number of hydrogen-bond donors (Lipinski definition) is 0. The van der Waals surface area contributed by atoms with Gasteiger partial charge in [-0.1, -0.05) is 194 Å². The number of hydrogen-bond acceptors (Lipinski definition) is 3. The van der Waals surface area contributed by atoms with Crippen molar-refractivity contribution < 1.29 is 13.2 Å². The molecule has 0 N–H and O–H groups in total. The molecule has 3 heterocycles. The second kappa shape index (κ2) is 21.0. The molecule has 1 aromatic heterocycles. The summed E-state index contributed by atoms with van der Waals surface area (Å²) in [6.45, 7) is -0.144. The van der Waals surface area contributed by atoms with Crippen LogP contribution in [0.4, 0.5) is 47.3 Å². The molecule has 13 aromatic carbocycles. The number of fused-ring (bicyclic) bond motifs is 7. The molecule has 0 atom stereocenters. The van der Waals surface area contributed by atoms with Crippen LogP contribution in [0, 0.1) is 11.3 Å². The van der Waals surface area contributed by atoms with E-state index in [0.29, 0.717) is 22.4 Å². The average Bonchev–Trinajstić information content (AvgIpc) is 0.830. The molecular weight excluding hydrogens is 1080 g/mol. The molecule has 0 amide bonds. The van der Waals surface area contributed by atoms with Gasteiger partial charge >= 0.3 is 6.18 Å². The lowest BCUT2D eigenvalue weighted by Crippen LogP contribution is -2.61. The third-order valence-corrected chi connectivity index (χ3v) is 17.5. The van der Waals surface area contributed by atoms with Gasteiger partial charge in [0.1, 0.15) is 0 Å². The highest BCUT2D eigenvalue weighted by Crippen LogP contribution is 2.49. The maximum atomic E-state index is 14.4. The summed E-state index contributed by atoms with van der Waals surface area (Å²) in [7, 11) is 0. The summed E-state index contributed by atoms with van der Waals surface area (Å²) in [5, 5.41) is 12.1. The lowest BCUT2D eigenvalue weighted by atomic mass is 9.33. The van der Waals surface area contributed by atoms with E-state index in [9.17, 15) is 18.4 Å². The van der Waals surface area contributed by atoms with Gasteiger partial charge in [0.05, 0.1) is 33.9 Å². The predicted octanol–water partition coefficient (Wildman–Crippen LogP) is 19.8. The fourth-order valence-electron chi connectivity index (χ4n) is 13.6. The minimum absolute atomic E-state index is 0.144. The lowest BCUT2D eigenvalue weighted by molar-refractivity contribution is -0.137. The summed E-state index contributed by atoms with van der Waals surface area (Å²) in [5.74, 6) is 0. The van der Waals surface area contributed by atoms with Gasteiger partial charge in [-0.3, -0.25) is 0 Å². The van der Waals surface area contributed by atoms with Gasteiger partial charge in [0.25, 0.3) is 6.71 Å². The van der Waals surface area contributed by atoms with Crippen molar-refractivity contribution in [3.8, 4) is 78.5 Å². The van der Waals surface area contributed by atoms with E-state index < -0.39 is 11.7 Å². The van der Waals surface area contributed by atoms with E-state index in [1.54, 1.807) is 18.2 Å². The first-order valence-corrected chi connectivity index (χ1v) is 29.5. The van der Waals surface area contributed by atoms with Gasteiger partial charge in [0.2, 0.25) is 0 Å². The molecule has 88 heavy (non-hydrogen) atoms. The van der Waals surface area contributed by atoms with Crippen LogP contribution >= 0.6 is 0 Å². The molecule has 16 rings (SSSR count).